The fourth-order valence-electron chi connectivity index (χ4n) is 10.5. The number of benzene rings is 10. The van der Waals surface area contributed by atoms with Crippen molar-refractivity contribution in [3.8, 4) is 33.6 Å². The molecule has 12 rings (SSSR count). The fourth-order valence-corrected chi connectivity index (χ4v) is 15.4. The van der Waals surface area contributed by atoms with Gasteiger partial charge in [-0.15, -0.1) is 0 Å². The minimum atomic E-state index is -2.95. The van der Waals surface area contributed by atoms with Gasteiger partial charge < -0.3 is 9.13 Å². The normalized spacial score (nSPS) is 11.8. The zero-order valence-corrected chi connectivity index (χ0v) is 35.6. The summed E-state index contributed by atoms with van der Waals surface area (Å²) in [6.07, 6.45) is 0. The van der Waals surface area contributed by atoms with Gasteiger partial charge in [-0.3, -0.25) is 0 Å². The van der Waals surface area contributed by atoms with Gasteiger partial charge in [0.1, 0.15) is 0 Å². The summed E-state index contributed by atoms with van der Waals surface area (Å²) in [4.78, 5) is 0. The first kappa shape index (κ1) is 36.8. The first-order valence-corrected chi connectivity index (χ1v) is 23.8. The van der Waals surface area contributed by atoms with Gasteiger partial charge in [-0.05, 0) is 79.4 Å². The monoisotopic (exact) mass is 818 g/mol. The molecule has 0 saturated heterocycles. The fraction of sp³-hybridized carbons (Fsp3) is 0. The molecule has 0 spiro atoms. The Balaban J connectivity index is 1.17. The number of rotatable bonds is 8. The van der Waals surface area contributed by atoms with Gasteiger partial charge in [0, 0.05) is 27.2 Å². The lowest BCUT2D eigenvalue weighted by Gasteiger charge is -2.35. The van der Waals surface area contributed by atoms with E-state index in [0.29, 0.717) is 0 Å². The zero-order chi connectivity index (χ0) is 41.7. The predicted molar refractivity (Wildman–Crippen MR) is 270 cm³/mol. The maximum Gasteiger partial charge on any atom is 0.181 e. The minimum absolute atomic E-state index is 1.13. The second kappa shape index (κ2) is 15.2. The molecule has 0 saturated carbocycles. The summed E-state index contributed by atoms with van der Waals surface area (Å²) in [5.74, 6) is 0. The van der Waals surface area contributed by atoms with Crippen LogP contribution in [0.1, 0.15) is 0 Å². The third-order valence-corrected chi connectivity index (χ3v) is 17.9. The summed E-state index contributed by atoms with van der Waals surface area (Å²) in [7, 11) is -2.95. The highest BCUT2D eigenvalue weighted by atomic mass is 28.3. The number of para-hydroxylation sites is 3. The highest BCUT2D eigenvalue weighted by Gasteiger charge is 2.43. The third kappa shape index (κ3) is 5.78. The lowest BCUT2D eigenvalue weighted by Crippen LogP contribution is -2.75. The van der Waals surface area contributed by atoms with E-state index in [4.69, 9.17) is 0 Å². The first-order chi connectivity index (χ1) is 31.3. The highest BCUT2D eigenvalue weighted by Crippen LogP contribution is 2.41. The summed E-state index contributed by atoms with van der Waals surface area (Å²) in [5.41, 5.74) is 11.9. The molecule has 10 aromatic carbocycles. The van der Waals surface area contributed by atoms with Crippen molar-refractivity contribution in [2.75, 3.05) is 0 Å². The van der Waals surface area contributed by atoms with E-state index in [1.807, 2.05) is 0 Å². The lowest BCUT2D eigenvalue weighted by molar-refractivity contribution is 1.17. The van der Waals surface area contributed by atoms with Gasteiger partial charge in [0.05, 0.1) is 27.8 Å². The smallest absolute Gasteiger partial charge is 0.181 e. The van der Waals surface area contributed by atoms with Crippen LogP contribution in [0.5, 0.6) is 0 Å². The van der Waals surface area contributed by atoms with E-state index in [0.717, 1.165) is 5.69 Å². The van der Waals surface area contributed by atoms with Crippen molar-refractivity contribution in [2.24, 2.45) is 0 Å². The molecule has 0 unspecified atom stereocenters. The second-order valence-electron chi connectivity index (χ2n) is 16.4. The third-order valence-electron chi connectivity index (χ3n) is 13.1. The Labute approximate surface area is 368 Å². The van der Waals surface area contributed by atoms with Crippen molar-refractivity contribution in [1.82, 2.24) is 9.13 Å². The molecule has 63 heavy (non-hydrogen) atoms. The van der Waals surface area contributed by atoms with Gasteiger partial charge in [-0.2, -0.15) is 0 Å². The molecule has 3 heteroatoms. The SMILES string of the molecule is c1ccc(-c2ccccc2-c2cccc(-n3c4ccccc4c4c(-n5c6ccccc6c6cccc([Si](c7ccccc7)(c7ccccc7)c7ccccc7)c65)cccc43)c2)cc1. The molecule has 12 aromatic rings. The van der Waals surface area contributed by atoms with Crippen molar-refractivity contribution in [3.63, 3.8) is 0 Å². The molecule has 296 valence electrons. The Morgan fingerprint density at radius 2 is 0.762 bits per heavy atom. The first-order valence-electron chi connectivity index (χ1n) is 21.8. The highest BCUT2D eigenvalue weighted by molar-refractivity contribution is 7.20. The van der Waals surface area contributed by atoms with Gasteiger partial charge in [0.2, 0.25) is 0 Å². The van der Waals surface area contributed by atoms with E-state index < -0.39 is 8.07 Å². The van der Waals surface area contributed by atoms with E-state index in [2.05, 4.69) is 264 Å². The van der Waals surface area contributed by atoms with E-state index in [1.165, 1.54) is 92.3 Å². The Hall–Kier alpha value is -7.98. The number of hydrogen-bond acceptors (Lipinski definition) is 0. The van der Waals surface area contributed by atoms with Crippen LogP contribution in [-0.2, 0) is 0 Å². The maximum absolute atomic E-state index is 2.95. The van der Waals surface area contributed by atoms with Crippen LogP contribution < -0.4 is 20.7 Å². The van der Waals surface area contributed by atoms with Crippen molar-refractivity contribution in [1.29, 1.82) is 0 Å². The summed E-state index contributed by atoms with van der Waals surface area (Å²) < 4.78 is 5.07. The predicted octanol–water partition coefficient (Wildman–Crippen LogP) is 12.6. The molecular formula is C60H42N2Si. The van der Waals surface area contributed by atoms with Crippen LogP contribution in [0.25, 0.3) is 77.2 Å². The van der Waals surface area contributed by atoms with Gasteiger partial charge in [0.15, 0.2) is 8.07 Å². The topological polar surface area (TPSA) is 9.86 Å². The average Bonchev–Trinajstić information content (AvgIpc) is 3.89. The Morgan fingerprint density at radius 1 is 0.302 bits per heavy atom. The van der Waals surface area contributed by atoms with Crippen LogP contribution >= 0.6 is 0 Å². The van der Waals surface area contributed by atoms with Crippen LogP contribution in [-0.4, -0.2) is 17.2 Å². The molecule has 2 heterocycles. The standard InChI is InChI=1S/C60H42N2Si/c1-5-22-43(23-6-1)49-32-13-14-33-50(49)44-24-19-25-45(42-44)61-55-38-18-16-35-53(55)59-56(61)39-21-40-57(59)62-54-37-17-15-34-51(54)52-36-20-41-58(60(52)62)63(46-26-7-2-8-27-46,47-28-9-3-10-29-47)48-30-11-4-12-31-48/h1-42H. The van der Waals surface area contributed by atoms with E-state index in [9.17, 15) is 0 Å². The second-order valence-corrected chi connectivity index (χ2v) is 20.2. The number of aromatic nitrogens is 2. The molecule has 0 aliphatic heterocycles. The molecule has 0 radical (unpaired) electrons. The number of hydrogen-bond donors (Lipinski definition) is 0. The lowest BCUT2D eigenvalue weighted by atomic mass is 9.94. The summed E-state index contributed by atoms with van der Waals surface area (Å²) in [5, 5.41) is 10.4. The largest absolute Gasteiger partial charge is 0.309 e. The van der Waals surface area contributed by atoms with Crippen molar-refractivity contribution in [3.05, 3.63) is 255 Å². The maximum atomic E-state index is 2.60. The van der Waals surface area contributed by atoms with Gasteiger partial charge in [0.25, 0.3) is 0 Å². The quantitative estimate of drug-likeness (QED) is 0.107. The minimum Gasteiger partial charge on any atom is -0.309 e. The van der Waals surface area contributed by atoms with Crippen LogP contribution in [0, 0.1) is 0 Å². The van der Waals surface area contributed by atoms with E-state index >= 15 is 0 Å². The van der Waals surface area contributed by atoms with Crippen LogP contribution in [0.15, 0.2) is 255 Å². The average molecular weight is 819 g/mol. The summed E-state index contributed by atoms with van der Waals surface area (Å²) in [6, 6.07) is 94.3. The summed E-state index contributed by atoms with van der Waals surface area (Å²) in [6.45, 7) is 0. The van der Waals surface area contributed by atoms with Crippen LogP contribution in [0.4, 0.5) is 0 Å². The van der Waals surface area contributed by atoms with Crippen LogP contribution in [0.3, 0.4) is 0 Å². The molecule has 0 bridgehead atoms. The molecule has 2 nitrogen and oxygen atoms in total. The molecule has 2 aromatic heterocycles. The molecule has 0 aliphatic rings. The molecule has 0 aliphatic carbocycles. The Morgan fingerprint density at radius 3 is 1.41 bits per heavy atom. The van der Waals surface area contributed by atoms with Crippen LogP contribution in [0.2, 0.25) is 0 Å². The Kier molecular flexibility index (Phi) is 8.87. The number of nitrogens with zero attached hydrogens (tertiary/aromatic N) is 2. The molecule has 0 N–H and O–H groups in total. The van der Waals surface area contributed by atoms with E-state index in [-0.39, 0.29) is 0 Å². The van der Waals surface area contributed by atoms with Gasteiger partial charge in [-0.1, -0.05) is 218 Å². The van der Waals surface area contributed by atoms with Crippen molar-refractivity contribution >= 4 is 72.4 Å². The summed E-state index contributed by atoms with van der Waals surface area (Å²) >= 11 is 0. The van der Waals surface area contributed by atoms with Crippen molar-refractivity contribution < 1.29 is 0 Å². The molecule has 0 fully saturated rings. The van der Waals surface area contributed by atoms with Crippen molar-refractivity contribution in [2.45, 2.75) is 0 Å². The van der Waals surface area contributed by atoms with E-state index in [1.54, 1.807) is 0 Å². The van der Waals surface area contributed by atoms with Gasteiger partial charge >= 0.3 is 0 Å². The molecular weight excluding hydrogens is 777 g/mol. The number of fused-ring (bicyclic) bond motifs is 6. The molecule has 0 atom stereocenters. The van der Waals surface area contributed by atoms with Gasteiger partial charge in [-0.25, -0.2) is 0 Å². The zero-order valence-electron chi connectivity index (χ0n) is 34.6. The Bertz CT molecular complexity index is 3510. The molecule has 0 amide bonds.